The summed E-state index contributed by atoms with van der Waals surface area (Å²) in [5, 5.41) is 2.46. The molecule has 0 radical (unpaired) electrons. The number of hydrogen-bond acceptors (Lipinski definition) is 4. The minimum absolute atomic E-state index is 0.0629. The lowest BCUT2D eigenvalue weighted by atomic mass is 9.89. The molecular weight excluding hydrogens is 420 g/mol. The SMILES string of the molecule is CCOc1ccsc1C(=O)N1CCN2C(=O)c3ccccc3C21c1ccc(Cl)cc1. The van der Waals surface area contributed by atoms with Crippen LogP contribution in [0.4, 0.5) is 0 Å². The third kappa shape index (κ3) is 2.53. The zero-order valence-corrected chi connectivity index (χ0v) is 17.9. The Balaban J connectivity index is 1.72. The minimum atomic E-state index is -0.997. The Kier molecular flexibility index (Phi) is 4.56. The molecule has 152 valence electrons. The molecule has 1 unspecified atom stereocenters. The van der Waals surface area contributed by atoms with Crippen LogP contribution in [0.3, 0.4) is 0 Å². The van der Waals surface area contributed by atoms with Crippen molar-refractivity contribution < 1.29 is 14.3 Å². The van der Waals surface area contributed by atoms with Crippen LogP contribution in [0, 0.1) is 0 Å². The number of benzene rings is 2. The van der Waals surface area contributed by atoms with Crippen LogP contribution in [-0.2, 0) is 5.66 Å². The number of halogens is 1. The molecule has 0 spiro atoms. The Hall–Kier alpha value is -2.83. The maximum Gasteiger partial charge on any atom is 0.270 e. The average Bonchev–Trinajstić information content (AvgIpc) is 3.44. The molecule has 1 saturated heterocycles. The highest BCUT2D eigenvalue weighted by molar-refractivity contribution is 7.12. The summed E-state index contributed by atoms with van der Waals surface area (Å²) in [5.74, 6) is 0.372. The molecule has 1 atom stereocenters. The number of carbonyl (C=O) groups excluding carboxylic acids is 2. The number of nitrogens with zero attached hydrogens (tertiary/aromatic N) is 2. The third-order valence-electron chi connectivity index (χ3n) is 5.72. The summed E-state index contributed by atoms with van der Waals surface area (Å²) in [4.78, 5) is 31.2. The molecule has 2 amide bonds. The quantitative estimate of drug-likeness (QED) is 0.597. The molecular formula is C23H19ClN2O3S. The summed E-state index contributed by atoms with van der Waals surface area (Å²) in [6.45, 7) is 3.26. The van der Waals surface area contributed by atoms with Gasteiger partial charge in [0.15, 0.2) is 5.66 Å². The fraction of sp³-hybridized carbons (Fsp3) is 0.217. The van der Waals surface area contributed by atoms with Crippen LogP contribution in [0.2, 0.25) is 5.02 Å². The first-order valence-corrected chi connectivity index (χ1v) is 11.0. The van der Waals surface area contributed by atoms with Crippen molar-refractivity contribution in [3.63, 3.8) is 0 Å². The molecule has 0 saturated carbocycles. The van der Waals surface area contributed by atoms with Crippen molar-refractivity contribution in [3.8, 4) is 5.75 Å². The van der Waals surface area contributed by atoms with Crippen molar-refractivity contribution in [2.45, 2.75) is 12.6 Å². The second-order valence-electron chi connectivity index (χ2n) is 7.19. The molecule has 2 aliphatic rings. The third-order valence-corrected chi connectivity index (χ3v) is 6.86. The summed E-state index contributed by atoms with van der Waals surface area (Å²) in [6, 6.07) is 16.7. The summed E-state index contributed by atoms with van der Waals surface area (Å²) < 4.78 is 5.68. The van der Waals surface area contributed by atoms with Crippen molar-refractivity contribution in [1.29, 1.82) is 0 Å². The lowest BCUT2D eigenvalue weighted by Gasteiger charge is -2.40. The van der Waals surface area contributed by atoms with E-state index in [1.807, 2.05) is 54.8 Å². The average molecular weight is 439 g/mol. The number of amides is 2. The van der Waals surface area contributed by atoms with Gasteiger partial charge in [-0.05, 0) is 36.6 Å². The predicted octanol–water partition coefficient (Wildman–Crippen LogP) is 4.61. The number of fused-ring (bicyclic) bond motifs is 3. The van der Waals surface area contributed by atoms with Gasteiger partial charge in [0.05, 0.1) is 6.61 Å². The molecule has 0 aliphatic carbocycles. The Labute approximate surface area is 183 Å². The Morgan fingerprint density at radius 2 is 1.90 bits per heavy atom. The molecule has 5 nitrogen and oxygen atoms in total. The van der Waals surface area contributed by atoms with Crippen LogP contribution in [0.15, 0.2) is 60.0 Å². The molecule has 7 heteroatoms. The van der Waals surface area contributed by atoms with Gasteiger partial charge in [-0.15, -0.1) is 11.3 Å². The summed E-state index contributed by atoms with van der Waals surface area (Å²) in [5.41, 5.74) is 1.28. The second kappa shape index (κ2) is 7.15. The maximum absolute atomic E-state index is 13.8. The van der Waals surface area contributed by atoms with Gasteiger partial charge < -0.3 is 14.5 Å². The smallest absolute Gasteiger partial charge is 0.270 e. The van der Waals surface area contributed by atoms with E-state index in [1.54, 1.807) is 21.9 Å². The number of hydrogen-bond donors (Lipinski definition) is 0. The van der Waals surface area contributed by atoms with Crippen molar-refractivity contribution in [2.75, 3.05) is 19.7 Å². The monoisotopic (exact) mass is 438 g/mol. The number of rotatable bonds is 4. The molecule has 2 aliphatic heterocycles. The van der Waals surface area contributed by atoms with Crippen molar-refractivity contribution in [1.82, 2.24) is 9.80 Å². The van der Waals surface area contributed by atoms with E-state index in [-0.39, 0.29) is 11.8 Å². The lowest BCUT2D eigenvalue weighted by molar-refractivity contribution is 0.0376. The van der Waals surface area contributed by atoms with E-state index in [4.69, 9.17) is 16.3 Å². The highest BCUT2D eigenvalue weighted by atomic mass is 35.5. The molecule has 0 N–H and O–H groups in total. The number of ether oxygens (including phenoxy) is 1. The fourth-order valence-electron chi connectivity index (χ4n) is 4.57. The second-order valence-corrected chi connectivity index (χ2v) is 8.54. The van der Waals surface area contributed by atoms with Crippen LogP contribution in [0.5, 0.6) is 5.75 Å². The van der Waals surface area contributed by atoms with E-state index in [1.165, 1.54) is 11.3 Å². The van der Waals surface area contributed by atoms with Crippen LogP contribution in [0.1, 0.15) is 38.1 Å². The van der Waals surface area contributed by atoms with Crippen LogP contribution in [-0.4, -0.2) is 41.3 Å². The van der Waals surface area contributed by atoms with Gasteiger partial charge in [-0.25, -0.2) is 0 Å². The topological polar surface area (TPSA) is 49.9 Å². The molecule has 1 aromatic heterocycles. The minimum Gasteiger partial charge on any atom is -0.492 e. The van der Waals surface area contributed by atoms with E-state index in [0.29, 0.717) is 40.9 Å². The van der Waals surface area contributed by atoms with Gasteiger partial charge in [0.1, 0.15) is 10.6 Å². The molecule has 1 fully saturated rings. The van der Waals surface area contributed by atoms with E-state index in [9.17, 15) is 9.59 Å². The van der Waals surface area contributed by atoms with Crippen molar-refractivity contribution in [2.24, 2.45) is 0 Å². The van der Waals surface area contributed by atoms with Gasteiger partial charge in [0.2, 0.25) is 0 Å². The molecule has 5 rings (SSSR count). The fourth-order valence-corrected chi connectivity index (χ4v) is 5.48. The lowest BCUT2D eigenvalue weighted by Crippen LogP contribution is -2.51. The first-order chi connectivity index (χ1) is 14.6. The molecule has 2 aromatic carbocycles. The Morgan fingerprint density at radius 1 is 1.13 bits per heavy atom. The van der Waals surface area contributed by atoms with Gasteiger partial charge >= 0.3 is 0 Å². The van der Waals surface area contributed by atoms with Crippen LogP contribution < -0.4 is 4.74 Å². The number of carbonyl (C=O) groups is 2. The first-order valence-electron chi connectivity index (χ1n) is 9.78. The standard InChI is InChI=1S/C23H19ClN2O3S/c1-2-29-19-11-14-30-20(19)22(28)26-13-12-25-21(27)17-5-3-4-6-18(17)23(25,26)15-7-9-16(24)10-8-15/h3-11,14H,2,12-13H2,1H3. The largest absolute Gasteiger partial charge is 0.492 e. The maximum atomic E-state index is 13.8. The van der Waals surface area contributed by atoms with Gasteiger partial charge in [-0.1, -0.05) is 41.9 Å². The zero-order valence-electron chi connectivity index (χ0n) is 16.3. The van der Waals surface area contributed by atoms with E-state index in [2.05, 4.69) is 0 Å². The highest BCUT2D eigenvalue weighted by Gasteiger charge is 2.59. The van der Waals surface area contributed by atoms with E-state index >= 15 is 0 Å². The predicted molar refractivity (Wildman–Crippen MR) is 116 cm³/mol. The number of thiophene rings is 1. The zero-order chi connectivity index (χ0) is 20.9. The van der Waals surface area contributed by atoms with E-state index in [0.717, 1.165) is 11.1 Å². The van der Waals surface area contributed by atoms with Gasteiger partial charge in [-0.2, -0.15) is 0 Å². The van der Waals surface area contributed by atoms with Gasteiger partial charge in [-0.3, -0.25) is 9.59 Å². The van der Waals surface area contributed by atoms with E-state index < -0.39 is 5.66 Å². The molecule has 3 aromatic rings. The van der Waals surface area contributed by atoms with Gasteiger partial charge in [0, 0.05) is 34.8 Å². The summed E-state index contributed by atoms with van der Waals surface area (Å²) in [6.07, 6.45) is 0. The Morgan fingerprint density at radius 3 is 2.67 bits per heavy atom. The summed E-state index contributed by atoms with van der Waals surface area (Å²) >= 11 is 7.50. The first kappa shape index (κ1) is 19.2. The summed E-state index contributed by atoms with van der Waals surface area (Å²) in [7, 11) is 0. The Bertz CT molecular complexity index is 1140. The highest BCUT2D eigenvalue weighted by Crippen LogP contribution is 2.50. The van der Waals surface area contributed by atoms with Crippen molar-refractivity contribution >= 4 is 34.8 Å². The van der Waals surface area contributed by atoms with Crippen LogP contribution >= 0.6 is 22.9 Å². The van der Waals surface area contributed by atoms with Crippen molar-refractivity contribution in [3.05, 3.63) is 86.6 Å². The normalized spacial score (nSPS) is 19.7. The van der Waals surface area contributed by atoms with Gasteiger partial charge in [0.25, 0.3) is 11.8 Å². The van der Waals surface area contributed by atoms with Crippen LogP contribution in [0.25, 0.3) is 0 Å². The molecule has 30 heavy (non-hydrogen) atoms. The molecule has 0 bridgehead atoms. The molecule has 3 heterocycles.